The first-order chi connectivity index (χ1) is 11.7. The zero-order valence-electron chi connectivity index (χ0n) is 12.9. The molecule has 24 heavy (non-hydrogen) atoms. The van der Waals surface area contributed by atoms with Crippen molar-refractivity contribution in [2.45, 2.75) is 0 Å². The largest absolute Gasteiger partial charge is 0.497 e. The number of methoxy groups -OCH3 is 1. The first-order valence-corrected chi connectivity index (χ1v) is 7.57. The van der Waals surface area contributed by atoms with Gasteiger partial charge in [0.25, 0.3) is 5.91 Å². The van der Waals surface area contributed by atoms with E-state index in [-0.39, 0.29) is 5.91 Å². The van der Waals surface area contributed by atoms with Gasteiger partial charge in [0.15, 0.2) is 5.82 Å². The van der Waals surface area contributed by atoms with Crippen LogP contribution in [-0.2, 0) is 0 Å². The summed E-state index contributed by atoms with van der Waals surface area (Å²) in [6.07, 6.45) is 3.12. The summed E-state index contributed by atoms with van der Waals surface area (Å²) in [6.45, 7) is 0. The summed E-state index contributed by atoms with van der Waals surface area (Å²) in [4.78, 5) is 20.7. The zero-order valence-corrected chi connectivity index (χ0v) is 13.6. The van der Waals surface area contributed by atoms with Crippen LogP contribution in [0.3, 0.4) is 0 Å². The summed E-state index contributed by atoms with van der Waals surface area (Å²) < 4.78 is 5.07. The molecule has 120 valence electrons. The molecule has 0 spiro atoms. The third kappa shape index (κ3) is 3.70. The lowest BCUT2D eigenvalue weighted by atomic mass is 10.2. The Kier molecular flexibility index (Phi) is 4.72. The van der Waals surface area contributed by atoms with Gasteiger partial charge in [-0.1, -0.05) is 23.7 Å². The molecule has 2 aromatic carbocycles. The number of hydrogen-bond donors (Lipinski definition) is 1. The molecule has 3 aromatic rings. The molecule has 0 fully saturated rings. The van der Waals surface area contributed by atoms with Gasteiger partial charge in [-0.15, -0.1) is 0 Å². The number of carbonyl (C=O) groups excluding carboxylic acids is 1. The number of halogens is 1. The van der Waals surface area contributed by atoms with Gasteiger partial charge in [0.1, 0.15) is 5.75 Å². The van der Waals surface area contributed by atoms with Crippen molar-refractivity contribution < 1.29 is 9.53 Å². The second-order valence-electron chi connectivity index (χ2n) is 4.99. The molecule has 0 radical (unpaired) electrons. The fraction of sp³-hybridized carbons (Fsp3) is 0.0556. The van der Waals surface area contributed by atoms with Crippen LogP contribution in [0.4, 0.5) is 5.69 Å². The topological polar surface area (TPSA) is 64.1 Å². The Morgan fingerprint density at radius 3 is 2.42 bits per heavy atom. The summed E-state index contributed by atoms with van der Waals surface area (Å²) in [7, 11) is 1.58. The first-order valence-electron chi connectivity index (χ1n) is 7.19. The average Bonchev–Trinajstić information content (AvgIpc) is 2.62. The van der Waals surface area contributed by atoms with Crippen molar-refractivity contribution in [3.63, 3.8) is 0 Å². The van der Waals surface area contributed by atoms with E-state index in [1.165, 1.54) is 0 Å². The van der Waals surface area contributed by atoms with Gasteiger partial charge in [0.05, 0.1) is 25.2 Å². The number of nitrogens with one attached hydrogen (secondary N) is 1. The fourth-order valence-corrected chi connectivity index (χ4v) is 2.31. The van der Waals surface area contributed by atoms with Crippen molar-refractivity contribution in [1.29, 1.82) is 0 Å². The molecule has 1 amide bonds. The van der Waals surface area contributed by atoms with Crippen LogP contribution in [0.25, 0.3) is 11.4 Å². The highest BCUT2D eigenvalue weighted by atomic mass is 35.5. The lowest BCUT2D eigenvalue weighted by molar-refractivity contribution is 0.102. The number of hydrogen-bond acceptors (Lipinski definition) is 4. The maximum absolute atomic E-state index is 12.2. The van der Waals surface area contributed by atoms with E-state index in [9.17, 15) is 4.79 Å². The Bertz CT molecular complexity index is 849. The van der Waals surface area contributed by atoms with Crippen LogP contribution >= 0.6 is 11.6 Å². The maximum Gasteiger partial charge on any atom is 0.255 e. The summed E-state index contributed by atoms with van der Waals surface area (Å²) in [5, 5.41) is 3.37. The summed E-state index contributed by atoms with van der Waals surface area (Å²) in [5.74, 6) is 0.998. The highest BCUT2D eigenvalue weighted by Crippen LogP contribution is 2.20. The number of ether oxygens (including phenoxy) is 1. The smallest absolute Gasteiger partial charge is 0.255 e. The highest BCUT2D eigenvalue weighted by molar-refractivity contribution is 6.30. The Morgan fingerprint density at radius 2 is 1.79 bits per heavy atom. The minimum atomic E-state index is -0.239. The van der Waals surface area contributed by atoms with Crippen molar-refractivity contribution >= 4 is 23.2 Å². The normalized spacial score (nSPS) is 10.2. The summed E-state index contributed by atoms with van der Waals surface area (Å²) >= 11 is 5.96. The van der Waals surface area contributed by atoms with E-state index < -0.39 is 0 Å². The molecule has 0 saturated heterocycles. The molecule has 5 nitrogen and oxygen atoms in total. The zero-order chi connectivity index (χ0) is 16.9. The standard InChI is InChI=1S/C18H14ClN3O2/c1-24-16-7-5-12(6-8-16)18(23)22-15-10-20-17(21-11-15)13-3-2-4-14(19)9-13/h2-11H,1H3,(H,22,23). The van der Waals surface area contributed by atoms with Gasteiger partial charge in [-0.05, 0) is 36.4 Å². The lowest BCUT2D eigenvalue weighted by Crippen LogP contribution is -2.12. The van der Waals surface area contributed by atoms with Crippen LogP contribution in [0.1, 0.15) is 10.4 Å². The SMILES string of the molecule is COc1ccc(C(=O)Nc2cnc(-c3cccc(Cl)c3)nc2)cc1. The number of rotatable bonds is 4. The number of aromatic nitrogens is 2. The van der Waals surface area contributed by atoms with Gasteiger partial charge in [0.2, 0.25) is 0 Å². The van der Waals surface area contributed by atoms with E-state index in [4.69, 9.17) is 16.3 Å². The molecule has 0 unspecified atom stereocenters. The first kappa shape index (κ1) is 16.0. The Morgan fingerprint density at radius 1 is 1.08 bits per heavy atom. The number of nitrogens with zero attached hydrogens (tertiary/aromatic N) is 2. The molecule has 3 rings (SSSR count). The molecular weight excluding hydrogens is 326 g/mol. The molecule has 1 N–H and O–H groups in total. The fourth-order valence-electron chi connectivity index (χ4n) is 2.11. The number of carbonyl (C=O) groups is 1. The van der Waals surface area contributed by atoms with Crippen LogP contribution in [0.2, 0.25) is 5.02 Å². The summed E-state index contributed by atoms with van der Waals surface area (Å²) in [5.41, 5.74) is 1.85. The van der Waals surface area contributed by atoms with Crippen molar-refractivity contribution in [3.8, 4) is 17.1 Å². The highest BCUT2D eigenvalue weighted by Gasteiger charge is 2.08. The van der Waals surface area contributed by atoms with E-state index in [0.29, 0.717) is 27.8 Å². The minimum Gasteiger partial charge on any atom is -0.497 e. The average molecular weight is 340 g/mol. The van der Waals surface area contributed by atoms with Gasteiger partial charge in [-0.25, -0.2) is 9.97 Å². The predicted octanol–water partition coefficient (Wildman–Crippen LogP) is 4.06. The Hall–Kier alpha value is -2.92. The van der Waals surface area contributed by atoms with Crippen LogP contribution in [0, 0.1) is 0 Å². The lowest BCUT2D eigenvalue weighted by Gasteiger charge is -2.06. The van der Waals surface area contributed by atoms with Crippen molar-refractivity contribution in [1.82, 2.24) is 9.97 Å². The van der Waals surface area contributed by atoms with Crippen molar-refractivity contribution in [2.75, 3.05) is 12.4 Å². The second-order valence-corrected chi connectivity index (χ2v) is 5.42. The van der Waals surface area contributed by atoms with Crippen LogP contribution in [0.5, 0.6) is 5.75 Å². The monoisotopic (exact) mass is 339 g/mol. The third-order valence-electron chi connectivity index (χ3n) is 3.34. The molecule has 0 aliphatic carbocycles. The van der Waals surface area contributed by atoms with Gasteiger partial charge >= 0.3 is 0 Å². The summed E-state index contributed by atoms with van der Waals surface area (Å²) in [6, 6.07) is 14.1. The van der Waals surface area contributed by atoms with Gasteiger partial charge in [0, 0.05) is 16.1 Å². The second kappa shape index (κ2) is 7.10. The minimum absolute atomic E-state index is 0.239. The Balaban J connectivity index is 1.72. The van der Waals surface area contributed by atoms with E-state index in [1.807, 2.05) is 12.1 Å². The van der Waals surface area contributed by atoms with E-state index >= 15 is 0 Å². The van der Waals surface area contributed by atoms with Crippen LogP contribution < -0.4 is 10.1 Å². The molecule has 0 aliphatic rings. The molecule has 0 atom stereocenters. The quantitative estimate of drug-likeness (QED) is 0.778. The molecule has 6 heteroatoms. The van der Waals surface area contributed by atoms with Gasteiger partial charge in [-0.2, -0.15) is 0 Å². The van der Waals surface area contributed by atoms with E-state index in [1.54, 1.807) is 55.9 Å². The molecule has 0 aliphatic heterocycles. The van der Waals surface area contributed by atoms with E-state index in [2.05, 4.69) is 15.3 Å². The molecular formula is C18H14ClN3O2. The van der Waals surface area contributed by atoms with Gasteiger partial charge in [-0.3, -0.25) is 4.79 Å². The van der Waals surface area contributed by atoms with Gasteiger partial charge < -0.3 is 10.1 Å². The predicted molar refractivity (Wildman–Crippen MR) is 93.4 cm³/mol. The van der Waals surface area contributed by atoms with Crippen molar-refractivity contribution in [3.05, 3.63) is 71.5 Å². The van der Waals surface area contributed by atoms with Crippen LogP contribution in [-0.4, -0.2) is 23.0 Å². The number of amides is 1. The van der Waals surface area contributed by atoms with Crippen molar-refractivity contribution in [2.24, 2.45) is 0 Å². The molecule has 0 saturated carbocycles. The number of anilines is 1. The molecule has 1 aromatic heterocycles. The molecule has 0 bridgehead atoms. The number of benzene rings is 2. The molecule has 1 heterocycles. The maximum atomic E-state index is 12.2. The van der Waals surface area contributed by atoms with E-state index in [0.717, 1.165) is 5.56 Å². The van der Waals surface area contributed by atoms with Crippen LogP contribution in [0.15, 0.2) is 60.9 Å². The Labute approximate surface area is 144 Å². The third-order valence-corrected chi connectivity index (χ3v) is 3.58.